The molecule has 0 aliphatic rings. The van der Waals surface area contributed by atoms with Gasteiger partial charge in [-0.05, 0) is 31.5 Å². The van der Waals surface area contributed by atoms with Crippen LogP contribution in [0, 0.1) is 0 Å². The number of aromatic nitrogens is 1. The summed E-state index contributed by atoms with van der Waals surface area (Å²) in [6.45, 7) is 1.68. The number of unbranched alkanes of at least 4 members (excludes halogenated alkanes) is 2. The van der Waals surface area contributed by atoms with E-state index in [1.54, 1.807) is 7.11 Å². The van der Waals surface area contributed by atoms with Crippen LogP contribution in [0.4, 0.5) is 5.82 Å². The fourth-order valence-corrected chi connectivity index (χ4v) is 2.07. The average molecular weight is 259 g/mol. The number of nitrogens with zero attached hydrogens (tertiary/aromatic N) is 1. The molecule has 0 radical (unpaired) electrons. The Kier molecular flexibility index (Phi) is 4.98. The molecule has 1 heterocycles. The highest BCUT2D eigenvalue weighted by Crippen LogP contribution is 2.26. The summed E-state index contributed by atoms with van der Waals surface area (Å²) in [7, 11) is 1.69. The van der Waals surface area contributed by atoms with Crippen molar-refractivity contribution < 1.29 is 4.74 Å². The van der Waals surface area contributed by atoms with Crippen LogP contribution in [0.2, 0.25) is 0 Å². The van der Waals surface area contributed by atoms with E-state index in [9.17, 15) is 0 Å². The first-order valence-electron chi connectivity index (χ1n) is 6.73. The van der Waals surface area contributed by atoms with Crippen LogP contribution in [-0.4, -0.2) is 25.2 Å². The summed E-state index contributed by atoms with van der Waals surface area (Å²) in [6, 6.07) is 9.95. The molecule has 0 spiro atoms. The van der Waals surface area contributed by atoms with Gasteiger partial charge in [0.2, 0.25) is 0 Å². The molecule has 0 unspecified atom stereocenters. The maximum atomic E-state index is 5.47. The van der Waals surface area contributed by atoms with Crippen molar-refractivity contribution in [2.75, 3.05) is 25.5 Å². The highest BCUT2D eigenvalue weighted by atomic mass is 16.5. The molecule has 0 atom stereocenters. The molecule has 0 fully saturated rings. The summed E-state index contributed by atoms with van der Waals surface area (Å²) >= 11 is 0. The number of hydrogen-bond donors (Lipinski definition) is 2. The highest BCUT2D eigenvalue weighted by molar-refractivity contribution is 5.86. The Hall–Kier alpha value is -1.81. The van der Waals surface area contributed by atoms with Gasteiger partial charge in [0.25, 0.3) is 0 Å². The lowest BCUT2D eigenvalue weighted by molar-refractivity contribution is 0.419. The third-order valence-electron chi connectivity index (χ3n) is 3.09. The Labute approximate surface area is 114 Å². The fraction of sp³-hybridized carbons (Fsp3) is 0.400. The zero-order valence-electron chi connectivity index (χ0n) is 11.4. The van der Waals surface area contributed by atoms with Crippen molar-refractivity contribution >= 4 is 16.7 Å². The maximum Gasteiger partial charge on any atom is 0.131 e. The third-order valence-corrected chi connectivity index (χ3v) is 3.09. The minimum absolute atomic E-state index is 0.766. The number of hydrogen-bond acceptors (Lipinski definition) is 4. The molecule has 0 saturated carbocycles. The zero-order chi connectivity index (χ0) is 13.5. The van der Waals surface area contributed by atoms with Crippen LogP contribution in [-0.2, 0) is 0 Å². The van der Waals surface area contributed by atoms with Crippen molar-refractivity contribution in [3.63, 3.8) is 0 Å². The highest BCUT2D eigenvalue weighted by Gasteiger charge is 2.05. The van der Waals surface area contributed by atoms with Crippen LogP contribution in [0.15, 0.2) is 30.3 Å². The van der Waals surface area contributed by atoms with Gasteiger partial charge < -0.3 is 15.8 Å². The number of nitrogens with two attached hydrogens (primary N) is 1. The molecule has 1 aromatic heterocycles. The van der Waals surface area contributed by atoms with Gasteiger partial charge in [-0.3, -0.25) is 0 Å². The van der Waals surface area contributed by atoms with E-state index in [1.165, 1.54) is 0 Å². The van der Waals surface area contributed by atoms with Crippen molar-refractivity contribution in [1.82, 2.24) is 4.98 Å². The fourth-order valence-electron chi connectivity index (χ4n) is 2.07. The van der Waals surface area contributed by atoms with Gasteiger partial charge in [0, 0.05) is 18.0 Å². The first-order valence-corrected chi connectivity index (χ1v) is 6.73. The topological polar surface area (TPSA) is 60.2 Å². The number of ether oxygens (including phenoxy) is 1. The van der Waals surface area contributed by atoms with Crippen molar-refractivity contribution in [2.45, 2.75) is 19.3 Å². The number of para-hydroxylation sites is 1. The van der Waals surface area contributed by atoms with Crippen molar-refractivity contribution in [1.29, 1.82) is 0 Å². The van der Waals surface area contributed by atoms with Crippen molar-refractivity contribution in [3.05, 3.63) is 30.3 Å². The van der Waals surface area contributed by atoms with Gasteiger partial charge in [-0.25, -0.2) is 4.98 Å². The Morgan fingerprint density at radius 1 is 1.21 bits per heavy atom. The molecule has 3 N–H and O–H groups in total. The normalized spacial score (nSPS) is 10.6. The second-order valence-electron chi connectivity index (χ2n) is 4.50. The van der Waals surface area contributed by atoms with Crippen LogP contribution in [0.5, 0.6) is 5.75 Å². The Morgan fingerprint density at radius 3 is 2.84 bits per heavy atom. The van der Waals surface area contributed by atoms with Gasteiger partial charge in [-0.1, -0.05) is 18.6 Å². The Morgan fingerprint density at radius 2 is 2.05 bits per heavy atom. The van der Waals surface area contributed by atoms with E-state index in [2.05, 4.69) is 10.3 Å². The molecule has 0 bridgehead atoms. The van der Waals surface area contributed by atoms with E-state index < -0.39 is 0 Å². The lowest BCUT2D eigenvalue weighted by Gasteiger charge is -2.10. The third kappa shape index (κ3) is 3.58. The summed E-state index contributed by atoms with van der Waals surface area (Å²) in [4.78, 5) is 4.59. The van der Waals surface area contributed by atoms with Crippen LogP contribution in [0.25, 0.3) is 10.9 Å². The lowest BCUT2D eigenvalue weighted by Crippen LogP contribution is -2.05. The molecule has 4 heteroatoms. The minimum Gasteiger partial charge on any atom is -0.496 e. The van der Waals surface area contributed by atoms with Gasteiger partial charge in [-0.2, -0.15) is 0 Å². The van der Waals surface area contributed by atoms with E-state index in [0.717, 1.165) is 54.8 Å². The van der Waals surface area contributed by atoms with Gasteiger partial charge in [0.1, 0.15) is 11.6 Å². The number of methoxy groups -OCH3 is 1. The summed E-state index contributed by atoms with van der Waals surface area (Å²) in [6.07, 6.45) is 3.33. The van der Waals surface area contributed by atoms with E-state index in [4.69, 9.17) is 10.5 Å². The van der Waals surface area contributed by atoms with Crippen LogP contribution >= 0.6 is 0 Å². The van der Waals surface area contributed by atoms with Gasteiger partial charge in [-0.15, -0.1) is 0 Å². The molecular formula is C15H21N3O. The number of fused-ring (bicyclic) bond motifs is 1. The predicted molar refractivity (Wildman–Crippen MR) is 79.7 cm³/mol. The van der Waals surface area contributed by atoms with Crippen molar-refractivity contribution in [2.24, 2.45) is 5.73 Å². The number of rotatable bonds is 7. The summed E-state index contributed by atoms with van der Waals surface area (Å²) in [5.74, 6) is 1.72. The first-order chi connectivity index (χ1) is 9.35. The largest absolute Gasteiger partial charge is 0.496 e. The maximum absolute atomic E-state index is 5.47. The SMILES string of the molecule is COc1cc(NCCCCCN)nc2ccccc12. The van der Waals surface area contributed by atoms with Crippen LogP contribution in [0.1, 0.15) is 19.3 Å². The number of anilines is 1. The Bertz CT molecular complexity index is 528. The molecule has 4 nitrogen and oxygen atoms in total. The molecule has 19 heavy (non-hydrogen) atoms. The molecule has 0 aliphatic carbocycles. The number of benzene rings is 1. The van der Waals surface area contributed by atoms with Crippen LogP contribution < -0.4 is 15.8 Å². The molecule has 0 saturated heterocycles. The second-order valence-corrected chi connectivity index (χ2v) is 4.50. The zero-order valence-corrected chi connectivity index (χ0v) is 11.4. The number of nitrogens with one attached hydrogen (secondary N) is 1. The van der Waals surface area contributed by atoms with E-state index in [0.29, 0.717) is 0 Å². The van der Waals surface area contributed by atoms with Crippen LogP contribution in [0.3, 0.4) is 0 Å². The second kappa shape index (κ2) is 6.95. The van der Waals surface area contributed by atoms with Gasteiger partial charge in [0.05, 0.1) is 12.6 Å². The van der Waals surface area contributed by atoms with Gasteiger partial charge >= 0.3 is 0 Å². The predicted octanol–water partition coefficient (Wildman–Crippen LogP) is 2.78. The van der Waals surface area contributed by atoms with E-state index >= 15 is 0 Å². The van der Waals surface area contributed by atoms with E-state index in [-0.39, 0.29) is 0 Å². The monoisotopic (exact) mass is 259 g/mol. The number of pyridine rings is 1. The molecular weight excluding hydrogens is 238 g/mol. The summed E-state index contributed by atoms with van der Waals surface area (Å²) < 4.78 is 5.42. The average Bonchev–Trinajstić information content (AvgIpc) is 2.46. The Balaban J connectivity index is 2.07. The smallest absolute Gasteiger partial charge is 0.131 e. The molecule has 0 aliphatic heterocycles. The summed E-state index contributed by atoms with van der Waals surface area (Å²) in [5, 5.41) is 4.38. The quantitative estimate of drug-likeness (QED) is 0.751. The molecule has 2 aromatic rings. The molecule has 102 valence electrons. The minimum atomic E-state index is 0.766. The molecule has 1 aromatic carbocycles. The standard InChI is InChI=1S/C15H21N3O/c1-19-14-11-15(17-10-6-2-5-9-16)18-13-8-4-3-7-12(13)14/h3-4,7-8,11H,2,5-6,9-10,16H2,1H3,(H,17,18). The molecule has 2 rings (SSSR count). The first kappa shape index (κ1) is 13.6. The molecule has 0 amide bonds. The van der Waals surface area contributed by atoms with Gasteiger partial charge in [0.15, 0.2) is 0 Å². The lowest BCUT2D eigenvalue weighted by atomic mass is 10.2. The summed E-state index contributed by atoms with van der Waals surface area (Å²) in [5.41, 5.74) is 6.42. The van der Waals surface area contributed by atoms with Crippen molar-refractivity contribution in [3.8, 4) is 5.75 Å². The van der Waals surface area contributed by atoms with E-state index in [1.807, 2.05) is 30.3 Å².